The van der Waals surface area contributed by atoms with Crippen LogP contribution in [0.1, 0.15) is 32.4 Å². The Morgan fingerprint density at radius 1 is 1.12 bits per heavy atom. The number of nitrogens with one attached hydrogen (secondary N) is 2. The van der Waals surface area contributed by atoms with Crippen LogP contribution >= 0.6 is 11.6 Å². The second kappa shape index (κ2) is 8.56. The summed E-state index contributed by atoms with van der Waals surface area (Å²) in [4.78, 5) is 36.4. The minimum Gasteiger partial charge on any atom is -0.497 e. The maximum Gasteiger partial charge on any atom is 0.276 e. The molecule has 2 N–H and O–H groups in total. The molecule has 1 unspecified atom stereocenters. The number of anilines is 1. The first kappa shape index (κ1) is 21.1. The Kier molecular flexibility index (Phi) is 5.65. The summed E-state index contributed by atoms with van der Waals surface area (Å²) in [6.45, 7) is 0. The van der Waals surface area contributed by atoms with Crippen molar-refractivity contribution in [2.45, 2.75) is 6.17 Å². The van der Waals surface area contributed by atoms with Gasteiger partial charge < -0.3 is 10.1 Å². The van der Waals surface area contributed by atoms with Gasteiger partial charge in [-0.05, 0) is 48.0 Å². The smallest absolute Gasteiger partial charge is 0.276 e. The van der Waals surface area contributed by atoms with E-state index in [1.807, 2.05) is 0 Å². The first-order valence-electron chi connectivity index (χ1n) is 9.46. The van der Waals surface area contributed by atoms with Gasteiger partial charge in [-0.1, -0.05) is 23.7 Å². The van der Waals surface area contributed by atoms with Gasteiger partial charge in [0.1, 0.15) is 11.9 Å². The van der Waals surface area contributed by atoms with E-state index in [0.29, 0.717) is 27.6 Å². The van der Waals surface area contributed by atoms with E-state index in [2.05, 4.69) is 10.7 Å². The zero-order valence-corrected chi connectivity index (χ0v) is 17.5. The largest absolute Gasteiger partial charge is 0.497 e. The lowest BCUT2D eigenvalue weighted by Crippen LogP contribution is -2.52. The van der Waals surface area contributed by atoms with Crippen molar-refractivity contribution >= 4 is 34.8 Å². The van der Waals surface area contributed by atoms with Gasteiger partial charge in [-0.15, -0.1) is 0 Å². The molecule has 4 rings (SSSR count). The second-order valence-corrected chi connectivity index (χ2v) is 7.37. The molecule has 0 fully saturated rings. The number of amides is 2. The molecule has 0 spiro atoms. The number of carbonyl (C=O) groups excluding carboxylic acids is 2. The molecule has 2 amide bonds. The fraction of sp³-hybridized carbons (Fsp3) is 0.0909. The Morgan fingerprint density at radius 2 is 1.81 bits per heavy atom. The number of methoxy groups -OCH3 is 1. The molecule has 0 saturated heterocycles. The van der Waals surface area contributed by atoms with Crippen molar-refractivity contribution in [1.29, 1.82) is 0 Å². The summed E-state index contributed by atoms with van der Waals surface area (Å²) >= 11 is 6.06. The number of carbonyl (C=O) groups is 2. The molecule has 0 saturated carbocycles. The van der Waals surface area contributed by atoms with Gasteiger partial charge in [0.2, 0.25) is 0 Å². The van der Waals surface area contributed by atoms with Gasteiger partial charge in [0.15, 0.2) is 0 Å². The molecule has 0 aliphatic carbocycles. The van der Waals surface area contributed by atoms with Crippen molar-refractivity contribution in [2.24, 2.45) is 0 Å². The molecule has 0 aromatic heterocycles. The number of halogens is 1. The van der Waals surface area contributed by atoms with Gasteiger partial charge in [-0.3, -0.25) is 25.1 Å². The monoisotopic (exact) mass is 452 g/mol. The molecule has 9 nitrogen and oxygen atoms in total. The molecule has 10 heteroatoms. The Hall–Kier alpha value is -4.11. The Labute approximate surface area is 187 Å². The average molecular weight is 453 g/mol. The van der Waals surface area contributed by atoms with Crippen LogP contribution in [0, 0.1) is 10.1 Å². The molecule has 1 aliphatic rings. The first-order chi connectivity index (χ1) is 15.4. The molecule has 1 aliphatic heterocycles. The number of fused-ring (bicyclic) bond motifs is 1. The Morgan fingerprint density at radius 3 is 2.44 bits per heavy atom. The summed E-state index contributed by atoms with van der Waals surface area (Å²) in [6, 6.07) is 17.0. The van der Waals surface area contributed by atoms with E-state index in [-0.39, 0.29) is 11.3 Å². The molecule has 162 valence electrons. The summed E-state index contributed by atoms with van der Waals surface area (Å²) in [5.74, 6) is -0.416. The summed E-state index contributed by atoms with van der Waals surface area (Å²) in [5.41, 5.74) is 4.19. The first-order valence-corrected chi connectivity index (χ1v) is 9.84. The van der Waals surface area contributed by atoms with Crippen molar-refractivity contribution in [1.82, 2.24) is 10.4 Å². The summed E-state index contributed by atoms with van der Waals surface area (Å²) in [7, 11) is 1.55. The van der Waals surface area contributed by atoms with Crippen LogP contribution in [0.2, 0.25) is 5.02 Å². The summed E-state index contributed by atoms with van der Waals surface area (Å²) in [5, 5.41) is 15.6. The molecule has 1 heterocycles. The van der Waals surface area contributed by atoms with Crippen LogP contribution in [0.4, 0.5) is 11.4 Å². The highest BCUT2D eigenvalue weighted by Crippen LogP contribution is 2.34. The molecule has 1 atom stereocenters. The van der Waals surface area contributed by atoms with Gasteiger partial charge in [0.25, 0.3) is 17.5 Å². The average Bonchev–Trinajstić information content (AvgIpc) is 2.81. The topological polar surface area (TPSA) is 114 Å². The van der Waals surface area contributed by atoms with Gasteiger partial charge >= 0.3 is 0 Å². The number of hydrazine groups is 1. The van der Waals surface area contributed by atoms with Crippen molar-refractivity contribution in [3.05, 3.63) is 98.6 Å². The quantitative estimate of drug-likeness (QED) is 0.443. The predicted octanol–water partition coefficient (Wildman–Crippen LogP) is 4.17. The number of rotatable bonds is 5. The van der Waals surface area contributed by atoms with E-state index in [4.69, 9.17) is 16.3 Å². The van der Waals surface area contributed by atoms with Crippen LogP contribution in [0.25, 0.3) is 0 Å². The van der Waals surface area contributed by atoms with Gasteiger partial charge in [0.05, 0.1) is 17.6 Å². The minimum absolute atomic E-state index is 0.142. The van der Waals surface area contributed by atoms with Crippen LogP contribution < -0.4 is 15.5 Å². The van der Waals surface area contributed by atoms with E-state index in [1.165, 1.54) is 35.3 Å². The highest BCUT2D eigenvalue weighted by molar-refractivity contribution is 6.31. The van der Waals surface area contributed by atoms with Gasteiger partial charge in [-0.2, -0.15) is 0 Å². The lowest BCUT2D eigenvalue weighted by atomic mass is 10.0. The molecule has 32 heavy (non-hydrogen) atoms. The summed E-state index contributed by atoms with van der Waals surface area (Å²) in [6.07, 6.45) is -0.718. The molecule has 0 radical (unpaired) electrons. The number of hydrogen-bond acceptors (Lipinski definition) is 6. The minimum atomic E-state index is -0.718. The van der Waals surface area contributed by atoms with Crippen molar-refractivity contribution in [3.63, 3.8) is 0 Å². The molecular weight excluding hydrogens is 436 g/mol. The van der Waals surface area contributed by atoms with E-state index in [0.717, 1.165) is 0 Å². The SMILES string of the molecule is COc1ccc(C2Nc3ccc(Cl)cc3C(=O)N2NC(=O)c2ccc([N+](=O)[O-])cc2)cc1. The van der Waals surface area contributed by atoms with E-state index < -0.39 is 22.9 Å². The third-order valence-corrected chi connectivity index (χ3v) is 5.21. The van der Waals surface area contributed by atoms with Crippen molar-refractivity contribution < 1.29 is 19.2 Å². The number of nitro benzene ring substituents is 1. The maximum absolute atomic E-state index is 13.3. The van der Waals surface area contributed by atoms with Gasteiger partial charge in [-0.25, -0.2) is 5.01 Å². The number of nitrogens with zero attached hydrogens (tertiary/aromatic N) is 2. The van der Waals surface area contributed by atoms with E-state index in [9.17, 15) is 19.7 Å². The number of ether oxygens (including phenoxy) is 1. The van der Waals surface area contributed by atoms with Crippen molar-refractivity contribution in [2.75, 3.05) is 12.4 Å². The normalized spacial score (nSPS) is 14.9. The maximum atomic E-state index is 13.3. The zero-order valence-electron chi connectivity index (χ0n) is 16.7. The lowest BCUT2D eigenvalue weighted by Gasteiger charge is -2.37. The fourth-order valence-electron chi connectivity index (χ4n) is 3.32. The van der Waals surface area contributed by atoms with Crippen LogP contribution in [0.5, 0.6) is 5.75 Å². The standard InChI is InChI=1S/C22H17ClN4O5/c1-32-17-9-4-13(5-10-17)20-24-19-11-6-15(23)12-18(19)22(29)26(20)25-21(28)14-2-7-16(8-3-14)27(30)31/h2-12,20,24H,1H3,(H,25,28). The van der Waals surface area contributed by atoms with Crippen LogP contribution in [-0.2, 0) is 0 Å². The summed E-state index contributed by atoms with van der Waals surface area (Å²) < 4.78 is 5.19. The number of non-ortho nitro benzene ring substituents is 1. The highest BCUT2D eigenvalue weighted by Gasteiger charge is 2.35. The molecular formula is C22H17ClN4O5. The van der Waals surface area contributed by atoms with E-state index in [1.54, 1.807) is 43.5 Å². The van der Waals surface area contributed by atoms with Gasteiger partial charge in [0, 0.05) is 28.4 Å². The fourth-order valence-corrected chi connectivity index (χ4v) is 3.49. The van der Waals surface area contributed by atoms with Crippen LogP contribution in [0.3, 0.4) is 0 Å². The van der Waals surface area contributed by atoms with Crippen LogP contribution in [-0.4, -0.2) is 28.9 Å². The predicted molar refractivity (Wildman–Crippen MR) is 118 cm³/mol. The second-order valence-electron chi connectivity index (χ2n) is 6.93. The molecule has 0 bridgehead atoms. The Bertz CT molecular complexity index is 1200. The highest BCUT2D eigenvalue weighted by atomic mass is 35.5. The number of hydrogen-bond donors (Lipinski definition) is 2. The van der Waals surface area contributed by atoms with Crippen molar-refractivity contribution in [3.8, 4) is 5.75 Å². The number of benzene rings is 3. The third-order valence-electron chi connectivity index (χ3n) is 4.98. The Balaban J connectivity index is 1.68. The zero-order chi connectivity index (χ0) is 22.8. The van der Waals surface area contributed by atoms with Crippen LogP contribution in [0.15, 0.2) is 66.7 Å². The third kappa shape index (κ3) is 4.06. The lowest BCUT2D eigenvalue weighted by molar-refractivity contribution is -0.384. The molecule has 3 aromatic rings. The number of nitro groups is 1. The molecule has 3 aromatic carbocycles. The van der Waals surface area contributed by atoms with E-state index >= 15 is 0 Å².